The molecule has 1 aromatic heterocycles. The van der Waals surface area contributed by atoms with Crippen LogP contribution in [-0.2, 0) is 19.3 Å². The van der Waals surface area contributed by atoms with E-state index in [-0.39, 0.29) is 5.54 Å². The molecular formula is C13H20F3N5. The minimum Gasteiger partial charge on any atom is -0.310 e. The van der Waals surface area contributed by atoms with Crippen molar-refractivity contribution < 1.29 is 13.2 Å². The molecule has 1 fully saturated rings. The van der Waals surface area contributed by atoms with Crippen LogP contribution in [0.3, 0.4) is 0 Å². The fourth-order valence-corrected chi connectivity index (χ4v) is 3.30. The molecule has 2 aliphatic heterocycles. The second-order valence-corrected chi connectivity index (χ2v) is 6.24. The Morgan fingerprint density at radius 1 is 1.24 bits per heavy atom. The highest BCUT2D eigenvalue weighted by atomic mass is 19.4. The van der Waals surface area contributed by atoms with E-state index in [1.165, 1.54) is 17.4 Å². The summed E-state index contributed by atoms with van der Waals surface area (Å²) in [6.45, 7) is 5.37. The van der Waals surface area contributed by atoms with E-state index in [0.29, 0.717) is 25.5 Å². The third-order valence-electron chi connectivity index (χ3n) is 4.37. The summed E-state index contributed by atoms with van der Waals surface area (Å²) in [6.07, 6.45) is -0.932. The van der Waals surface area contributed by atoms with Crippen molar-refractivity contribution in [3.05, 3.63) is 11.6 Å². The van der Waals surface area contributed by atoms with Crippen LogP contribution in [0.25, 0.3) is 0 Å². The second kappa shape index (κ2) is 5.24. The monoisotopic (exact) mass is 303 g/mol. The maximum atomic E-state index is 12.8. The Morgan fingerprint density at radius 3 is 2.71 bits per heavy atom. The van der Waals surface area contributed by atoms with Crippen molar-refractivity contribution in [1.82, 2.24) is 25.0 Å². The van der Waals surface area contributed by atoms with Crippen molar-refractivity contribution in [2.45, 2.75) is 51.0 Å². The van der Waals surface area contributed by atoms with Gasteiger partial charge in [-0.25, -0.2) is 0 Å². The summed E-state index contributed by atoms with van der Waals surface area (Å²) >= 11 is 0. The predicted octanol–water partition coefficient (Wildman–Crippen LogP) is 1.64. The van der Waals surface area contributed by atoms with Crippen molar-refractivity contribution in [1.29, 1.82) is 0 Å². The zero-order valence-electron chi connectivity index (χ0n) is 12.1. The normalized spacial score (nSPS) is 27.6. The van der Waals surface area contributed by atoms with E-state index in [1.807, 2.05) is 0 Å². The number of fused-ring (bicyclic) bond motifs is 1. The number of hydrogen-bond donors (Lipinski definition) is 1. The molecule has 1 aromatic rings. The maximum Gasteiger partial charge on any atom is 0.451 e. The highest BCUT2D eigenvalue weighted by Gasteiger charge is 2.40. The molecule has 2 aliphatic rings. The van der Waals surface area contributed by atoms with Crippen LogP contribution in [0.1, 0.15) is 37.8 Å². The molecule has 21 heavy (non-hydrogen) atoms. The first-order valence-corrected chi connectivity index (χ1v) is 7.34. The molecule has 1 atom stereocenters. The van der Waals surface area contributed by atoms with Gasteiger partial charge in [-0.1, -0.05) is 6.42 Å². The quantitative estimate of drug-likeness (QED) is 0.902. The zero-order valence-corrected chi connectivity index (χ0v) is 12.1. The molecular weight excluding hydrogens is 283 g/mol. The van der Waals surface area contributed by atoms with Crippen LogP contribution in [0, 0.1) is 0 Å². The summed E-state index contributed by atoms with van der Waals surface area (Å²) in [5, 5.41) is 10.6. The smallest absolute Gasteiger partial charge is 0.310 e. The van der Waals surface area contributed by atoms with Crippen LogP contribution < -0.4 is 5.32 Å². The highest BCUT2D eigenvalue weighted by molar-refractivity contribution is 5.03. The first kappa shape index (κ1) is 14.8. The van der Waals surface area contributed by atoms with Crippen LogP contribution in [0.2, 0.25) is 0 Å². The number of nitrogens with zero attached hydrogens (tertiary/aromatic N) is 4. The zero-order chi connectivity index (χ0) is 15.1. The summed E-state index contributed by atoms with van der Waals surface area (Å²) < 4.78 is 39.6. The SMILES string of the molecule is CC1(CN2CCn3c(nnc3C(F)(F)F)C2)CCCCN1. The number of rotatable bonds is 2. The van der Waals surface area contributed by atoms with Crippen LogP contribution in [0.4, 0.5) is 13.2 Å². The lowest BCUT2D eigenvalue weighted by Gasteiger charge is -2.40. The van der Waals surface area contributed by atoms with E-state index in [1.54, 1.807) is 0 Å². The predicted molar refractivity (Wildman–Crippen MR) is 70.6 cm³/mol. The molecule has 8 heteroatoms. The average molecular weight is 303 g/mol. The van der Waals surface area contributed by atoms with E-state index in [0.717, 1.165) is 19.5 Å². The molecule has 0 aromatic carbocycles. The van der Waals surface area contributed by atoms with Crippen molar-refractivity contribution in [3.63, 3.8) is 0 Å². The Bertz CT molecular complexity index is 504. The number of hydrogen-bond acceptors (Lipinski definition) is 4. The average Bonchev–Trinajstić information content (AvgIpc) is 2.82. The van der Waals surface area contributed by atoms with Gasteiger partial charge in [-0.05, 0) is 26.3 Å². The topological polar surface area (TPSA) is 46.0 Å². The summed E-state index contributed by atoms with van der Waals surface area (Å²) in [7, 11) is 0. The number of alkyl halides is 3. The van der Waals surface area contributed by atoms with Crippen molar-refractivity contribution in [2.75, 3.05) is 19.6 Å². The van der Waals surface area contributed by atoms with Gasteiger partial charge in [0.05, 0.1) is 6.54 Å². The van der Waals surface area contributed by atoms with Gasteiger partial charge in [-0.15, -0.1) is 10.2 Å². The first-order chi connectivity index (χ1) is 9.87. The standard InChI is InChI=1S/C13H20F3N5/c1-12(4-2-3-5-17-12)9-20-6-7-21-10(8-20)18-19-11(21)13(14,15)16/h17H,2-9H2,1H3. The van der Waals surface area contributed by atoms with Gasteiger partial charge in [0.2, 0.25) is 5.82 Å². The van der Waals surface area contributed by atoms with E-state index < -0.39 is 12.0 Å². The number of nitrogens with one attached hydrogen (secondary N) is 1. The Hall–Kier alpha value is -1.15. The molecule has 3 heterocycles. The first-order valence-electron chi connectivity index (χ1n) is 7.34. The number of piperidine rings is 1. The maximum absolute atomic E-state index is 12.8. The molecule has 0 bridgehead atoms. The molecule has 5 nitrogen and oxygen atoms in total. The number of halogens is 3. The summed E-state index contributed by atoms with van der Waals surface area (Å²) in [5.74, 6) is -0.466. The third-order valence-corrected chi connectivity index (χ3v) is 4.37. The Labute approximate surface area is 121 Å². The fraction of sp³-hybridized carbons (Fsp3) is 0.846. The van der Waals surface area contributed by atoms with E-state index >= 15 is 0 Å². The molecule has 1 unspecified atom stereocenters. The van der Waals surface area contributed by atoms with E-state index in [4.69, 9.17) is 0 Å². The van der Waals surface area contributed by atoms with Gasteiger partial charge in [0.25, 0.3) is 0 Å². The van der Waals surface area contributed by atoms with E-state index in [2.05, 4.69) is 27.3 Å². The van der Waals surface area contributed by atoms with E-state index in [9.17, 15) is 13.2 Å². The van der Waals surface area contributed by atoms with Gasteiger partial charge in [-0.3, -0.25) is 4.90 Å². The summed E-state index contributed by atoms with van der Waals surface area (Å²) in [4.78, 5) is 2.17. The van der Waals surface area contributed by atoms with Gasteiger partial charge in [0.1, 0.15) is 5.82 Å². The lowest BCUT2D eigenvalue weighted by molar-refractivity contribution is -0.148. The van der Waals surface area contributed by atoms with Crippen LogP contribution in [0.15, 0.2) is 0 Å². The Balaban J connectivity index is 1.69. The minimum atomic E-state index is -4.43. The van der Waals surface area contributed by atoms with Gasteiger partial charge in [0.15, 0.2) is 0 Å². The van der Waals surface area contributed by atoms with Crippen LogP contribution in [0.5, 0.6) is 0 Å². The summed E-state index contributed by atoms with van der Waals surface area (Å²) in [5.41, 5.74) is 0.0489. The lowest BCUT2D eigenvalue weighted by atomic mass is 9.90. The largest absolute Gasteiger partial charge is 0.451 e. The van der Waals surface area contributed by atoms with Crippen molar-refractivity contribution in [2.24, 2.45) is 0 Å². The van der Waals surface area contributed by atoms with Gasteiger partial charge >= 0.3 is 6.18 Å². The Kier molecular flexibility index (Phi) is 3.69. The highest BCUT2D eigenvalue weighted by Crippen LogP contribution is 2.30. The molecule has 1 N–H and O–H groups in total. The third kappa shape index (κ3) is 3.06. The number of aromatic nitrogens is 3. The molecule has 0 amide bonds. The van der Waals surface area contributed by atoms with Crippen LogP contribution >= 0.6 is 0 Å². The molecule has 0 aliphatic carbocycles. The second-order valence-electron chi connectivity index (χ2n) is 6.24. The molecule has 118 valence electrons. The Morgan fingerprint density at radius 2 is 2.05 bits per heavy atom. The van der Waals surface area contributed by atoms with Crippen molar-refractivity contribution >= 4 is 0 Å². The molecule has 0 saturated carbocycles. The lowest BCUT2D eigenvalue weighted by Crippen LogP contribution is -2.54. The molecule has 0 radical (unpaired) electrons. The van der Waals surface area contributed by atoms with Crippen LogP contribution in [-0.4, -0.2) is 44.8 Å². The van der Waals surface area contributed by atoms with Gasteiger partial charge < -0.3 is 9.88 Å². The van der Waals surface area contributed by atoms with Gasteiger partial charge in [-0.2, -0.15) is 13.2 Å². The minimum absolute atomic E-state index is 0.0489. The van der Waals surface area contributed by atoms with Crippen molar-refractivity contribution in [3.8, 4) is 0 Å². The molecule has 1 saturated heterocycles. The molecule has 3 rings (SSSR count). The molecule has 0 spiro atoms. The summed E-state index contributed by atoms with van der Waals surface area (Å²) in [6, 6.07) is 0. The fourth-order valence-electron chi connectivity index (χ4n) is 3.30. The van der Waals surface area contributed by atoms with Gasteiger partial charge in [0, 0.05) is 25.2 Å².